The summed E-state index contributed by atoms with van der Waals surface area (Å²) in [5.74, 6) is -2.13. The number of nitrogens with zero attached hydrogens (tertiary/aromatic N) is 5. The largest absolute Gasteiger partial charge is 0.453 e. The molecule has 3 amide bonds. The zero-order valence-corrected chi connectivity index (χ0v) is 20.6. The molecule has 0 saturated heterocycles. The van der Waals surface area contributed by atoms with E-state index in [1.54, 1.807) is 12.1 Å². The number of carbonyl (C=O) groups excluding carboxylic acids is 3. The van der Waals surface area contributed by atoms with Gasteiger partial charge in [0, 0.05) is 5.56 Å². The Labute approximate surface area is 218 Å². The first-order valence-electron chi connectivity index (χ1n) is 11.0. The normalized spacial score (nSPS) is 10.6. The standard InChI is InChI=1S/C23H20F2N8O6/c1-37-21(34)27-16-18(30-22(35)38-2)28-17(29-19(16)31-23(36)39-3)15-13-8-12(24)9-26-20(13)33(32-15)10-11-6-4-5-7-14(11)25/h4-9H,10H2,1-3H3,(H,27,34)(H2,28,29,30,31,35,36). The van der Waals surface area contributed by atoms with Crippen LogP contribution < -0.4 is 16.0 Å². The molecule has 0 bridgehead atoms. The van der Waals surface area contributed by atoms with Crippen molar-refractivity contribution in [3.63, 3.8) is 0 Å². The summed E-state index contributed by atoms with van der Waals surface area (Å²) in [7, 11) is 3.26. The molecule has 0 aliphatic heterocycles. The molecule has 1 aromatic carbocycles. The number of anilines is 3. The molecular formula is C23H20F2N8O6. The number of halogens is 2. The number of methoxy groups -OCH3 is 3. The number of hydrogen-bond donors (Lipinski definition) is 3. The molecule has 0 unspecified atom stereocenters. The minimum absolute atomic E-state index is 0.0428. The Hall–Kier alpha value is -5.41. The molecule has 16 heteroatoms. The van der Waals surface area contributed by atoms with Crippen LogP contribution in [0.1, 0.15) is 5.56 Å². The Bertz CT molecular complexity index is 1540. The Morgan fingerprint density at radius 3 is 2.08 bits per heavy atom. The molecule has 0 aliphatic carbocycles. The average Bonchev–Trinajstić information content (AvgIpc) is 3.28. The highest BCUT2D eigenvalue weighted by Crippen LogP contribution is 2.34. The Kier molecular flexibility index (Phi) is 7.74. The van der Waals surface area contributed by atoms with Gasteiger partial charge in [-0.1, -0.05) is 18.2 Å². The van der Waals surface area contributed by atoms with Gasteiger partial charge in [0.15, 0.2) is 23.1 Å². The SMILES string of the molecule is COC(=O)Nc1nc(-c2nn(Cc3ccccc3F)c3ncc(F)cc23)nc(NC(=O)OC)c1NC(=O)OC. The quantitative estimate of drug-likeness (QED) is 0.305. The van der Waals surface area contributed by atoms with E-state index in [0.29, 0.717) is 0 Å². The first-order valence-corrected chi connectivity index (χ1v) is 11.0. The van der Waals surface area contributed by atoms with E-state index in [1.165, 1.54) is 16.8 Å². The van der Waals surface area contributed by atoms with Crippen molar-refractivity contribution in [3.05, 3.63) is 53.7 Å². The molecule has 3 aromatic heterocycles. The molecular weight excluding hydrogens is 522 g/mol. The fourth-order valence-electron chi connectivity index (χ4n) is 3.41. The number of ether oxygens (including phenoxy) is 3. The number of pyridine rings is 1. The minimum atomic E-state index is -0.988. The summed E-state index contributed by atoms with van der Waals surface area (Å²) in [5.41, 5.74) is 0.110. The highest BCUT2D eigenvalue weighted by atomic mass is 19.1. The second-order valence-electron chi connectivity index (χ2n) is 7.59. The molecule has 0 atom stereocenters. The summed E-state index contributed by atoms with van der Waals surface area (Å²) in [6.07, 6.45) is -2.00. The maximum absolute atomic E-state index is 14.4. The number of amides is 3. The highest BCUT2D eigenvalue weighted by molar-refractivity contribution is 6.02. The molecule has 0 radical (unpaired) electrons. The first kappa shape index (κ1) is 26.6. The summed E-state index contributed by atoms with van der Waals surface area (Å²) in [6, 6.07) is 7.12. The fourth-order valence-corrected chi connectivity index (χ4v) is 3.41. The van der Waals surface area contributed by atoms with Gasteiger partial charge in [-0.2, -0.15) is 5.10 Å². The number of rotatable bonds is 6. The lowest BCUT2D eigenvalue weighted by atomic mass is 10.2. The Balaban J connectivity index is 1.94. The lowest BCUT2D eigenvalue weighted by Crippen LogP contribution is -2.22. The molecule has 4 aromatic rings. The number of fused-ring (bicyclic) bond motifs is 1. The van der Waals surface area contributed by atoms with Crippen LogP contribution in [-0.2, 0) is 20.8 Å². The van der Waals surface area contributed by atoms with Gasteiger partial charge in [0.2, 0.25) is 0 Å². The average molecular weight is 542 g/mol. The van der Waals surface area contributed by atoms with E-state index < -0.39 is 29.9 Å². The molecule has 3 heterocycles. The molecule has 39 heavy (non-hydrogen) atoms. The van der Waals surface area contributed by atoms with Crippen molar-refractivity contribution in [1.82, 2.24) is 24.7 Å². The second-order valence-corrected chi connectivity index (χ2v) is 7.59. The van der Waals surface area contributed by atoms with Crippen molar-refractivity contribution in [1.29, 1.82) is 0 Å². The van der Waals surface area contributed by atoms with E-state index in [9.17, 15) is 23.2 Å². The summed E-state index contributed by atoms with van der Waals surface area (Å²) >= 11 is 0. The van der Waals surface area contributed by atoms with Gasteiger partial charge in [0.1, 0.15) is 23.0 Å². The topological polar surface area (TPSA) is 171 Å². The van der Waals surface area contributed by atoms with Crippen molar-refractivity contribution in [3.8, 4) is 11.5 Å². The monoisotopic (exact) mass is 542 g/mol. The van der Waals surface area contributed by atoms with Crippen LogP contribution in [0.2, 0.25) is 0 Å². The maximum Gasteiger partial charge on any atom is 0.412 e. The summed E-state index contributed by atoms with van der Waals surface area (Å²) in [4.78, 5) is 48.7. The number of benzene rings is 1. The lowest BCUT2D eigenvalue weighted by molar-refractivity contribution is 0.185. The van der Waals surface area contributed by atoms with Crippen molar-refractivity contribution in [2.75, 3.05) is 37.3 Å². The summed E-state index contributed by atoms with van der Waals surface area (Å²) in [5, 5.41) is 11.4. The maximum atomic E-state index is 14.4. The summed E-state index contributed by atoms with van der Waals surface area (Å²) < 4.78 is 43.8. The van der Waals surface area contributed by atoms with Gasteiger partial charge >= 0.3 is 18.3 Å². The van der Waals surface area contributed by atoms with Crippen LogP contribution in [0.5, 0.6) is 0 Å². The first-order chi connectivity index (χ1) is 18.7. The summed E-state index contributed by atoms with van der Waals surface area (Å²) in [6.45, 7) is -0.0790. The number of hydrogen-bond acceptors (Lipinski definition) is 10. The smallest absolute Gasteiger partial charge is 0.412 e. The second kappa shape index (κ2) is 11.3. The van der Waals surface area contributed by atoms with E-state index >= 15 is 0 Å². The van der Waals surface area contributed by atoms with Gasteiger partial charge in [-0.15, -0.1) is 0 Å². The molecule has 202 valence electrons. The van der Waals surface area contributed by atoms with E-state index in [-0.39, 0.29) is 52.0 Å². The number of nitrogens with one attached hydrogen (secondary N) is 3. The number of aromatic nitrogens is 5. The molecule has 0 spiro atoms. The van der Waals surface area contributed by atoms with Crippen LogP contribution in [0.4, 0.5) is 40.5 Å². The molecule has 0 saturated carbocycles. The molecule has 4 rings (SSSR count). The van der Waals surface area contributed by atoms with Gasteiger partial charge < -0.3 is 14.2 Å². The van der Waals surface area contributed by atoms with Crippen LogP contribution in [-0.4, -0.2) is 64.3 Å². The lowest BCUT2D eigenvalue weighted by Gasteiger charge is -2.15. The molecule has 0 fully saturated rings. The predicted molar refractivity (Wildman–Crippen MR) is 132 cm³/mol. The van der Waals surface area contributed by atoms with Crippen LogP contribution in [0, 0.1) is 11.6 Å². The zero-order chi connectivity index (χ0) is 28.1. The van der Waals surface area contributed by atoms with Crippen LogP contribution in [0.3, 0.4) is 0 Å². The van der Waals surface area contributed by atoms with Gasteiger partial charge in [0.05, 0.1) is 39.5 Å². The molecule has 0 aliphatic rings. The highest BCUT2D eigenvalue weighted by Gasteiger charge is 2.25. The van der Waals surface area contributed by atoms with E-state index in [1.807, 2.05) is 0 Å². The fraction of sp³-hybridized carbons (Fsp3) is 0.174. The van der Waals surface area contributed by atoms with Crippen LogP contribution in [0.15, 0.2) is 36.5 Å². The Morgan fingerprint density at radius 2 is 1.49 bits per heavy atom. The third-order valence-corrected chi connectivity index (χ3v) is 5.18. The van der Waals surface area contributed by atoms with Gasteiger partial charge in [-0.3, -0.25) is 16.0 Å². The number of carbonyl (C=O) groups is 3. The third-order valence-electron chi connectivity index (χ3n) is 5.18. The van der Waals surface area contributed by atoms with E-state index in [2.05, 4.69) is 50.2 Å². The van der Waals surface area contributed by atoms with Crippen molar-refractivity contribution in [2.24, 2.45) is 0 Å². The van der Waals surface area contributed by atoms with Crippen molar-refractivity contribution < 1.29 is 37.4 Å². The van der Waals surface area contributed by atoms with E-state index in [0.717, 1.165) is 33.6 Å². The van der Waals surface area contributed by atoms with Crippen LogP contribution in [0.25, 0.3) is 22.6 Å². The van der Waals surface area contributed by atoms with E-state index in [4.69, 9.17) is 0 Å². The van der Waals surface area contributed by atoms with Crippen molar-refractivity contribution in [2.45, 2.75) is 6.54 Å². The predicted octanol–water partition coefficient (Wildman–Crippen LogP) is 3.75. The van der Waals surface area contributed by atoms with Gasteiger partial charge in [0.25, 0.3) is 0 Å². The molecule has 14 nitrogen and oxygen atoms in total. The Morgan fingerprint density at radius 1 is 0.897 bits per heavy atom. The van der Waals surface area contributed by atoms with Gasteiger partial charge in [-0.05, 0) is 12.1 Å². The third kappa shape index (κ3) is 5.79. The van der Waals surface area contributed by atoms with Gasteiger partial charge in [-0.25, -0.2) is 42.8 Å². The zero-order valence-electron chi connectivity index (χ0n) is 20.6. The minimum Gasteiger partial charge on any atom is -0.453 e. The molecule has 3 N–H and O–H groups in total. The van der Waals surface area contributed by atoms with Crippen molar-refractivity contribution >= 4 is 46.6 Å². The van der Waals surface area contributed by atoms with Crippen LogP contribution >= 0.6 is 0 Å².